The van der Waals surface area contributed by atoms with Crippen LogP contribution >= 0.6 is 95.1 Å². The molecule has 0 fully saturated rings. The van der Waals surface area contributed by atoms with Crippen LogP contribution in [0.15, 0.2) is 0 Å². The van der Waals surface area contributed by atoms with Crippen molar-refractivity contribution >= 4 is 95.1 Å². The van der Waals surface area contributed by atoms with Crippen LogP contribution in [0.3, 0.4) is 0 Å². The maximum absolute atomic E-state index is 4.81. The zero-order chi connectivity index (χ0) is 90.0. The summed E-state index contributed by atoms with van der Waals surface area (Å²) in [4.78, 5) is 0. The normalized spacial score (nSPS) is 12.3. The second-order valence-electron chi connectivity index (χ2n) is 39.1. The number of rotatable bonds is 60. The van der Waals surface area contributed by atoms with Crippen molar-refractivity contribution in [1.29, 1.82) is 0 Å². The Bertz CT molecular complexity index is 1450. The Labute approximate surface area is 840 Å². The summed E-state index contributed by atoms with van der Waals surface area (Å²) in [5, 5.41) is 28.9. The van der Waals surface area contributed by atoms with Gasteiger partial charge in [-0.15, -0.1) is 174 Å². The van der Waals surface area contributed by atoms with Crippen LogP contribution in [0.4, 0.5) is 0 Å². The van der Waals surface area contributed by atoms with Crippen LogP contribution in [0, 0.1) is 0 Å². The summed E-state index contributed by atoms with van der Waals surface area (Å²) >= 11 is 0. The smallest absolute Gasteiger partial charge is 0 e. The molecular weight excluding hydrogens is 1960 g/mol. The van der Waals surface area contributed by atoms with Gasteiger partial charge in [0.05, 0.1) is 0 Å². The molecule has 0 N–H and O–H groups in total. The van der Waals surface area contributed by atoms with E-state index in [9.17, 15) is 0 Å². The summed E-state index contributed by atoms with van der Waals surface area (Å²) in [5.41, 5.74) is 20.5. The maximum atomic E-state index is 4.81. The van der Waals surface area contributed by atoms with E-state index in [4.69, 9.17) is 31.9 Å². The van der Waals surface area contributed by atoms with Gasteiger partial charge in [-0.1, -0.05) is 406 Å². The first-order valence-electron chi connectivity index (χ1n) is 47.5. The van der Waals surface area contributed by atoms with E-state index in [1.165, 1.54) is 73.9 Å². The summed E-state index contributed by atoms with van der Waals surface area (Å²) in [6, 6.07) is 0. The molecule has 0 aliphatic rings. The molecule has 0 aromatic heterocycles. The van der Waals surface area contributed by atoms with Crippen molar-refractivity contribution in [2.75, 3.05) is 152 Å². The van der Waals surface area contributed by atoms with Crippen molar-refractivity contribution in [1.82, 2.24) is 0 Å². The fourth-order valence-electron chi connectivity index (χ4n) is 16.3. The molecule has 0 saturated carbocycles. The quantitative estimate of drug-likeness (QED) is 0.0429. The second kappa shape index (κ2) is 94.5. The van der Waals surface area contributed by atoms with Crippen molar-refractivity contribution < 1.29 is 101 Å². The minimum Gasteiger partial charge on any atom is -0.662 e. The van der Waals surface area contributed by atoms with Gasteiger partial charge in [0.2, 0.25) is 0 Å². The Morgan fingerprint density at radius 3 is 0.175 bits per heavy atom. The van der Waals surface area contributed by atoms with Gasteiger partial charge in [-0.2, -0.15) is 0 Å². The molecule has 0 rings (SSSR count). The molecule has 24 heteroatoms. The molecule has 0 bridgehead atoms. The average molecular weight is 2180 g/mol. The predicted molar refractivity (Wildman–Crippen MR) is 583 cm³/mol. The van der Waals surface area contributed by atoms with Gasteiger partial charge >= 0.3 is 0 Å². The number of hydrogen-bond acceptors (Lipinski definition) is 0. The molecule has 0 spiro atoms. The molecule has 0 aromatic rings. The molecule has 6 radical (unpaired) electrons. The average Bonchev–Trinajstić information content (AvgIpc) is 0.931. The van der Waals surface area contributed by atoms with Gasteiger partial charge in [0, 0.05) is 101 Å². The molecular formula is C96H216Co6N6P12-6. The topological polar surface area (TPSA) is 84.6 Å². The molecule has 6 nitrogen and oxygen atoms in total. The van der Waals surface area contributed by atoms with Gasteiger partial charge in [0.25, 0.3) is 0 Å². The van der Waals surface area contributed by atoms with Crippen molar-refractivity contribution in [3.63, 3.8) is 0 Å². The third-order valence-corrected chi connectivity index (χ3v) is 62.5. The van der Waals surface area contributed by atoms with Crippen molar-refractivity contribution in [3.8, 4) is 0 Å². The number of hydrogen-bond donors (Lipinski definition) is 0. The minimum absolute atomic E-state index is 0. The van der Waals surface area contributed by atoms with Gasteiger partial charge in [0.1, 0.15) is 0 Å². The van der Waals surface area contributed by atoms with Crippen molar-refractivity contribution in [2.45, 2.75) is 468 Å². The van der Waals surface area contributed by atoms with Gasteiger partial charge in [0.15, 0.2) is 0 Å². The summed E-state index contributed by atoms with van der Waals surface area (Å²) in [6.07, 6.45) is 16.1. The van der Waals surface area contributed by atoms with Gasteiger partial charge < -0.3 is 31.9 Å². The van der Waals surface area contributed by atoms with Crippen LogP contribution in [0.25, 0.3) is 31.9 Å². The third kappa shape index (κ3) is 85.2. The van der Waals surface area contributed by atoms with Gasteiger partial charge in [-0.05, 0) is 136 Å². The monoisotopic (exact) mass is 2180 g/mol. The van der Waals surface area contributed by atoms with Gasteiger partial charge in [-0.3, -0.25) is 0 Å². The van der Waals surface area contributed by atoms with Gasteiger partial charge in [-0.25, -0.2) is 0 Å². The molecule has 0 unspecified atom stereocenters. The standard InChI is InChI=1S/6C16H36NP2.6Co/c6*1-13(2)18(14(3)4)11-9-17-10-12-19(15(5)6)16(7)8;;;;;;/h6*13-16H,9-12H2,1-8H3;;;;;;/q6*-1;;;;;;. The fraction of sp³-hybridized carbons (Fsp3) is 1.00. The zero-order valence-electron chi connectivity index (χ0n) is 88.9. The molecule has 0 aliphatic heterocycles. The summed E-state index contributed by atoms with van der Waals surface area (Å²) < 4.78 is 0. The van der Waals surface area contributed by atoms with Crippen LogP contribution < -0.4 is 0 Å². The third-order valence-electron chi connectivity index (χ3n) is 22.1. The largest absolute Gasteiger partial charge is 0.662 e. The maximum Gasteiger partial charge on any atom is 0 e. The molecule has 120 heavy (non-hydrogen) atoms. The first-order chi connectivity index (χ1) is 52.6. The molecule has 750 valence electrons. The molecule has 0 amide bonds. The summed E-state index contributed by atoms with van der Waals surface area (Å²) in [7, 11) is 2.11. The van der Waals surface area contributed by atoms with E-state index < -0.39 is 0 Å². The van der Waals surface area contributed by atoms with E-state index in [1.54, 1.807) is 0 Å². The van der Waals surface area contributed by atoms with E-state index in [-0.39, 0.29) is 196 Å². The Kier molecular flexibility index (Phi) is 121. The Morgan fingerprint density at radius 2 is 0.142 bits per heavy atom. The molecule has 0 aromatic carbocycles. The number of nitrogens with zero attached hydrogens (tertiary/aromatic N) is 6. The zero-order valence-corrected chi connectivity index (χ0v) is 106. The second-order valence-corrected chi connectivity index (χ2v) is 81.6. The molecule has 0 aliphatic carbocycles. The minimum atomic E-state index is 0. The van der Waals surface area contributed by atoms with Crippen LogP contribution in [-0.2, 0) is 101 Å². The Balaban J connectivity index is -0.000000115. The van der Waals surface area contributed by atoms with E-state index in [1.807, 2.05) is 0 Å². The molecule has 0 atom stereocenters. The van der Waals surface area contributed by atoms with E-state index >= 15 is 0 Å². The fourth-order valence-corrected chi connectivity index (χ4v) is 47.4. The van der Waals surface area contributed by atoms with E-state index in [0.717, 1.165) is 214 Å². The molecule has 0 saturated heterocycles. The van der Waals surface area contributed by atoms with E-state index in [0.29, 0.717) is 0 Å². The van der Waals surface area contributed by atoms with Crippen molar-refractivity contribution in [2.24, 2.45) is 0 Å². The molecule has 0 heterocycles. The Morgan fingerprint density at radius 1 is 0.100 bits per heavy atom. The van der Waals surface area contributed by atoms with E-state index in [2.05, 4.69) is 332 Å². The SMILES string of the molecule is CC(C)P(CC[N-]CCP(C(C)C)C(C)C)C(C)C.CC(C)P(CC[N-]CCP(C(C)C)C(C)C)C(C)C.CC(C)P(CC[N-]CCP(C(C)C)C(C)C)C(C)C.CC(C)P(CC[N-]CCP(C(C)C)C(C)C)C(C)C.CC(C)P(CC[N-]CCP(C(C)C)C(C)C)C(C)C.CC(C)P(CC[N-]CCP(C(C)C)C(C)C)C(C)C.[Co].[Co].[Co].[Co].[Co].[Co]. The first kappa shape index (κ1) is 153. The first-order valence-corrected chi connectivity index (χ1v) is 67.5. The summed E-state index contributed by atoms with van der Waals surface area (Å²) in [5.74, 6) is 0. The van der Waals surface area contributed by atoms with Crippen LogP contribution in [0.5, 0.6) is 0 Å². The Hall–Kier alpha value is 7.96. The summed E-state index contributed by atoms with van der Waals surface area (Å²) in [6.45, 7) is 127. The van der Waals surface area contributed by atoms with Crippen LogP contribution in [-0.4, -0.2) is 288 Å². The van der Waals surface area contributed by atoms with Crippen LogP contribution in [0.2, 0.25) is 0 Å². The van der Waals surface area contributed by atoms with Crippen LogP contribution in [0.1, 0.15) is 332 Å². The predicted octanol–water partition coefficient (Wildman–Crippen LogP) is 35.7. The van der Waals surface area contributed by atoms with Crippen molar-refractivity contribution in [3.05, 3.63) is 31.9 Å².